The molecule has 2 amide bonds. The molecule has 222 valence electrons. The summed E-state index contributed by atoms with van der Waals surface area (Å²) in [5.74, 6) is 1.05. The fourth-order valence-electron chi connectivity index (χ4n) is 6.59. The molecule has 0 aliphatic carbocycles. The number of likely N-dealkylation sites (tertiary alicyclic amines) is 2. The molecule has 0 N–H and O–H groups in total. The highest BCUT2D eigenvalue weighted by molar-refractivity contribution is 6.30. The minimum absolute atomic E-state index is 0.0816. The van der Waals surface area contributed by atoms with Crippen molar-refractivity contribution in [1.82, 2.24) is 14.7 Å². The summed E-state index contributed by atoms with van der Waals surface area (Å²) in [5, 5.41) is 10.8. The summed E-state index contributed by atoms with van der Waals surface area (Å²) >= 11 is 12.6. The third-order valence-electron chi connectivity index (χ3n) is 8.74. The molecule has 2 fully saturated rings. The molecule has 0 bridgehead atoms. The molecule has 43 heavy (non-hydrogen) atoms. The Labute approximate surface area is 263 Å². The number of carbonyl (C=O) groups is 1. The van der Waals surface area contributed by atoms with Gasteiger partial charge in [0.25, 0.3) is 0 Å². The molecule has 2 saturated heterocycles. The van der Waals surface area contributed by atoms with Gasteiger partial charge in [0.15, 0.2) is 0 Å². The Balaban J connectivity index is 1.44. The van der Waals surface area contributed by atoms with E-state index in [4.69, 9.17) is 32.9 Å². The van der Waals surface area contributed by atoms with Gasteiger partial charge in [0.1, 0.15) is 17.6 Å². The van der Waals surface area contributed by atoms with Gasteiger partial charge >= 0.3 is 6.03 Å². The van der Waals surface area contributed by atoms with Crippen LogP contribution in [0.15, 0.2) is 71.7 Å². The lowest BCUT2D eigenvalue weighted by molar-refractivity contribution is 0.117. The molecule has 3 aromatic rings. The molecule has 9 heteroatoms. The van der Waals surface area contributed by atoms with Gasteiger partial charge < -0.3 is 14.5 Å². The van der Waals surface area contributed by atoms with Crippen molar-refractivity contribution in [3.05, 3.63) is 99.0 Å². The van der Waals surface area contributed by atoms with Crippen LogP contribution in [0.25, 0.3) is 0 Å². The van der Waals surface area contributed by atoms with Crippen molar-refractivity contribution in [3.63, 3.8) is 0 Å². The molecule has 2 atom stereocenters. The summed E-state index contributed by atoms with van der Waals surface area (Å²) in [7, 11) is 0. The predicted octanol–water partition coefficient (Wildman–Crippen LogP) is 7.49. The predicted molar refractivity (Wildman–Crippen MR) is 170 cm³/mol. The van der Waals surface area contributed by atoms with Gasteiger partial charge in [-0.15, -0.1) is 0 Å². The third kappa shape index (κ3) is 6.10. The summed E-state index contributed by atoms with van der Waals surface area (Å²) in [5.41, 5.74) is 3.03. The fraction of sp³-hybridized carbons (Fsp3) is 0.382. The number of hydrogen-bond acceptors (Lipinski definition) is 5. The molecule has 0 aromatic heterocycles. The second-order valence-electron chi connectivity index (χ2n) is 11.3. The Morgan fingerprint density at radius 3 is 2.16 bits per heavy atom. The zero-order valence-corrected chi connectivity index (χ0v) is 25.8. The van der Waals surface area contributed by atoms with Gasteiger partial charge in [-0.25, -0.2) is 4.79 Å². The van der Waals surface area contributed by atoms with Crippen LogP contribution in [-0.4, -0.2) is 65.4 Å². The molecular formula is C34H35Cl2N5O2. The van der Waals surface area contributed by atoms with Crippen LogP contribution >= 0.6 is 23.2 Å². The van der Waals surface area contributed by atoms with Crippen molar-refractivity contribution in [3.8, 4) is 11.8 Å². The summed E-state index contributed by atoms with van der Waals surface area (Å²) in [6, 6.07) is 22.4. The first-order valence-corrected chi connectivity index (χ1v) is 15.8. The zero-order valence-electron chi connectivity index (χ0n) is 24.3. The van der Waals surface area contributed by atoms with E-state index in [-0.39, 0.29) is 6.03 Å². The summed E-state index contributed by atoms with van der Waals surface area (Å²) in [4.78, 5) is 26.4. The highest BCUT2D eigenvalue weighted by Crippen LogP contribution is 2.45. The Hall–Kier alpha value is -3.57. The Bertz CT molecular complexity index is 1520. The first kappa shape index (κ1) is 29.5. The third-order valence-corrected chi connectivity index (χ3v) is 9.24. The number of benzene rings is 3. The zero-order chi connectivity index (χ0) is 29.9. The number of piperidine rings is 1. The molecular weight excluding hydrogens is 581 g/mol. The quantitative estimate of drug-likeness (QED) is 0.288. The Morgan fingerprint density at radius 2 is 1.56 bits per heavy atom. The van der Waals surface area contributed by atoms with Gasteiger partial charge in [-0.05, 0) is 99.3 Å². The number of nitrogens with zero attached hydrogens (tertiary/aromatic N) is 5. The monoisotopic (exact) mass is 615 g/mol. The van der Waals surface area contributed by atoms with E-state index in [0.717, 1.165) is 37.1 Å². The van der Waals surface area contributed by atoms with E-state index in [1.807, 2.05) is 71.3 Å². The number of ether oxygens (including phenoxy) is 1. The topological polar surface area (TPSA) is 72.2 Å². The van der Waals surface area contributed by atoms with Crippen LogP contribution in [0.4, 0.5) is 4.79 Å². The van der Waals surface area contributed by atoms with E-state index in [9.17, 15) is 10.1 Å². The lowest BCUT2D eigenvalue weighted by Gasteiger charge is -2.40. The number of amides is 2. The second kappa shape index (κ2) is 13.0. The second-order valence-corrected chi connectivity index (χ2v) is 12.2. The van der Waals surface area contributed by atoms with Crippen molar-refractivity contribution >= 4 is 35.1 Å². The number of amidine groups is 1. The maximum Gasteiger partial charge on any atom is 0.326 e. The maximum absolute atomic E-state index is 14.7. The Morgan fingerprint density at radius 1 is 0.930 bits per heavy atom. The van der Waals surface area contributed by atoms with E-state index >= 15 is 0 Å². The highest BCUT2D eigenvalue weighted by atomic mass is 35.5. The van der Waals surface area contributed by atoms with Crippen molar-refractivity contribution in [1.29, 1.82) is 5.26 Å². The van der Waals surface area contributed by atoms with Crippen LogP contribution in [0.3, 0.4) is 0 Å². The largest absolute Gasteiger partial charge is 0.493 e. The first-order valence-electron chi connectivity index (χ1n) is 15.0. The summed E-state index contributed by atoms with van der Waals surface area (Å²) < 4.78 is 6.03. The minimum Gasteiger partial charge on any atom is -0.493 e. The molecule has 0 spiro atoms. The molecule has 0 saturated carbocycles. The SMILES string of the molecule is CCOc1cc(C#N)ccc1C1=NC(c2ccc(Cl)cc2)C(c2ccc(Cl)cc2)N1C(=O)N1CCC(N2CCCC2)CC1. The average molecular weight is 617 g/mol. The first-order chi connectivity index (χ1) is 21.0. The molecule has 3 aromatic carbocycles. The van der Waals surface area contributed by atoms with Gasteiger partial charge in [-0.1, -0.05) is 47.5 Å². The van der Waals surface area contributed by atoms with Crippen molar-refractivity contribution < 1.29 is 9.53 Å². The van der Waals surface area contributed by atoms with Crippen LogP contribution in [0.2, 0.25) is 10.0 Å². The average Bonchev–Trinajstić information content (AvgIpc) is 3.71. The summed E-state index contributed by atoms with van der Waals surface area (Å²) in [6.07, 6.45) is 4.43. The number of urea groups is 1. The minimum atomic E-state index is -0.428. The molecule has 6 rings (SSSR count). The van der Waals surface area contributed by atoms with Gasteiger partial charge in [0.05, 0.1) is 29.8 Å². The van der Waals surface area contributed by atoms with E-state index in [1.54, 1.807) is 12.1 Å². The van der Waals surface area contributed by atoms with Crippen LogP contribution in [-0.2, 0) is 0 Å². The maximum atomic E-state index is 14.7. The van der Waals surface area contributed by atoms with E-state index in [0.29, 0.717) is 58.5 Å². The standard InChI is InChI=1S/C34H35Cl2N5O2/c1-2-43-30-21-23(22-37)5-14-29(30)33-38-31(24-6-10-26(35)11-7-24)32(25-8-12-27(36)13-9-25)41(33)34(42)40-19-15-28(16-20-40)39-17-3-4-18-39/h5-14,21,28,31-32H,2-4,15-20H2,1H3. The van der Waals surface area contributed by atoms with Gasteiger partial charge in [0.2, 0.25) is 0 Å². The number of halogens is 2. The van der Waals surface area contributed by atoms with Crippen LogP contribution in [0.5, 0.6) is 5.75 Å². The highest BCUT2D eigenvalue weighted by Gasteiger charge is 2.45. The summed E-state index contributed by atoms with van der Waals surface area (Å²) in [6.45, 7) is 6.00. The number of hydrogen-bond donors (Lipinski definition) is 0. The van der Waals surface area contributed by atoms with Crippen LogP contribution in [0.1, 0.15) is 66.9 Å². The number of rotatable bonds is 6. The van der Waals surface area contributed by atoms with Crippen molar-refractivity contribution in [2.45, 2.75) is 50.7 Å². The number of nitriles is 1. The van der Waals surface area contributed by atoms with E-state index < -0.39 is 12.1 Å². The molecule has 7 nitrogen and oxygen atoms in total. The molecule has 3 heterocycles. The lowest BCUT2D eigenvalue weighted by Crippen LogP contribution is -2.52. The number of aliphatic imine (C=N–C) groups is 1. The molecule has 2 unspecified atom stereocenters. The normalized spacial score (nSPS) is 21.1. The van der Waals surface area contributed by atoms with Crippen molar-refractivity contribution in [2.24, 2.45) is 4.99 Å². The van der Waals surface area contributed by atoms with Crippen LogP contribution in [0, 0.1) is 11.3 Å². The molecule has 0 radical (unpaired) electrons. The van der Waals surface area contributed by atoms with E-state index in [2.05, 4.69) is 11.0 Å². The smallest absolute Gasteiger partial charge is 0.326 e. The van der Waals surface area contributed by atoms with Crippen LogP contribution < -0.4 is 4.74 Å². The van der Waals surface area contributed by atoms with Gasteiger partial charge in [-0.3, -0.25) is 9.89 Å². The lowest BCUT2D eigenvalue weighted by atomic mass is 9.93. The molecule has 3 aliphatic heterocycles. The van der Waals surface area contributed by atoms with E-state index in [1.165, 1.54) is 12.8 Å². The van der Waals surface area contributed by atoms with Crippen molar-refractivity contribution in [2.75, 3.05) is 32.8 Å². The molecule has 3 aliphatic rings. The Kier molecular flexibility index (Phi) is 8.90. The van der Waals surface area contributed by atoms with Gasteiger partial charge in [-0.2, -0.15) is 5.26 Å². The number of carbonyl (C=O) groups excluding carboxylic acids is 1. The fourth-order valence-corrected chi connectivity index (χ4v) is 6.84. The van der Waals surface area contributed by atoms with Gasteiger partial charge in [0, 0.05) is 29.2 Å².